The van der Waals surface area contributed by atoms with E-state index in [2.05, 4.69) is 18.2 Å². The number of aromatic nitrogens is 6. The molecule has 0 saturated heterocycles. The minimum atomic E-state index is -0.564. The van der Waals surface area contributed by atoms with Crippen molar-refractivity contribution in [2.75, 3.05) is 0 Å². The average molecular weight is 515 g/mol. The van der Waals surface area contributed by atoms with E-state index < -0.39 is 7.12 Å². The van der Waals surface area contributed by atoms with Gasteiger partial charge in [-0.3, -0.25) is 13.8 Å². The molecular formula is C30H18BN9. The molecule has 0 amide bonds. The van der Waals surface area contributed by atoms with Crippen LogP contribution in [0.5, 0.6) is 0 Å². The Labute approximate surface area is 230 Å². The van der Waals surface area contributed by atoms with Crippen LogP contribution in [0.25, 0.3) is 33.8 Å². The summed E-state index contributed by atoms with van der Waals surface area (Å²) in [6, 6.07) is 33.9. The molecule has 0 N–H and O–H groups in total. The first kappa shape index (κ1) is 24.2. The van der Waals surface area contributed by atoms with Crippen LogP contribution in [0.3, 0.4) is 0 Å². The standard InChI is InChI=1S/C30H18BN9/c32-19-22-1-7-25(8-2-22)28-13-16-38(35-28)31(39-17-14-29(36-39)26-9-3-23(20-33)4-10-26)40-18-15-30(37-40)27-11-5-24(21-34)6-12-27/h1-18H. The Balaban J connectivity index is 1.40. The highest BCUT2D eigenvalue weighted by molar-refractivity contribution is 6.52. The van der Waals surface area contributed by atoms with E-state index in [0.29, 0.717) is 16.7 Å². The Bertz CT molecular complexity index is 1700. The Kier molecular flexibility index (Phi) is 6.22. The lowest BCUT2D eigenvalue weighted by molar-refractivity contribution is 0.775. The van der Waals surface area contributed by atoms with Crippen LogP contribution in [-0.4, -0.2) is 36.2 Å². The van der Waals surface area contributed by atoms with Gasteiger partial charge >= 0.3 is 7.12 Å². The molecule has 10 heteroatoms. The maximum atomic E-state index is 9.13. The van der Waals surface area contributed by atoms with Crippen LogP contribution < -0.4 is 0 Å². The third-order valence-electron chi connectivity index (χ3n) is 6.46. The average Bonchev–Trinajstić information content (AvgIpc) is 3.80. The van der Waals surface area contributed by atoms with Gasteiger partial charge in [-0.05, 0) is 54.6 Å². The van der Waals surface area contributed by atoms with Crippen LogP contribution in [0, 0.1) is 34.0 Å². The zero-order valence-corrected chi connectivity index (χ0v) is 21.0. The minimum absolute atomic E-state index is 0.564. The lowest BCUT2D eigenvalue weighted by Crippen LogP contribution is -2.42. The molecular weight excluding hydrogens is 497 g/mol. The van der Waals surface area contributed by atoms with Gasteiger partial charge in [0.25, 0.3) is 0 Å². The monoisotopic (exact) mass is 515 g/mol. The SMILES string of the molecule is N#Cc1ccc(-c2ccn(B(n3ccc(-c4ccc(C#N)cc4)n3)n3ccc(-c4ccc(C#N)cc4)n3)n2)cc1. The normalized spacial score (nSPS) is 10.4. The van der Waals surface area contributed by atoms with Crippen LogP contribution in [0.4, 0.5) is 0 Å². The molecule has 0 saturated carbocycles. The lowest BCUT2D eigenvalue weighted by Gasteiger charge is -2.13. The van der Waals surface area contributed by atoms with E-state index in [1.54, 1.807) is 50.2 Å². The summed E-state index contributed by atoms with van der Waals surface area (Å²) in [4.78, 5) is 0. The van der Waals surface area contributed by atoms with Crippen molar-refractivity contribution < 1.29 is 0 Å². The summed E-state index contributed by atoms with van der Waals surface area (Å²) in [5, 5.41) is 41.9. The minimum Gasteiger partial charge on any atom is -0.268 e. The second kappa shape index (κ2) is 10.3. The van der Waals surface area contributed by atoms with E-state index in [1.165, 1.54) is 0 Å². The van der Waals surface area contributed by atoms with Crippen LogP contribution in [-0.2, 0) is 0 Å². The third kappa shape index (κ3) is 4.63. The second-order valence-electron chi connectivity index (χ2n) is 8.96. The molecule has 0 aliphatic heterocycles. The molecule has 9 nitrogen and oxygen atoms in total. The van der Waals surface area contributed by atoms with Crippen molar-refractivity contribution in [1.82, 2.24) is 29.1 Å². The number of rotatable bonds is 6. The highest BCUT2D eigenvalue weighted by Crippen LogP contribution is 2.22. The summed E-state index contributed by atoms with van der Waals surface area (Å²) in [6.07, 6.45) is 5.60. The summed E-state index contributed by atoms with van der Waals surface area (Å²) in [7, 11) is -0.564. The Hall–Kier alpha value is -6.18. The predicted octanol–water partition coefficient (Wildman–Crippen LogP) is 4.82. The fourth-order valence-electron chi connectivity index (χ4n) is 4.37. The van der Waals surface area contributed by atoms with Crippen LogP contribution in [0.15, 0.2) is 110 Å². The Morgan fingerprint density at radius 3 is 0.950 bits per heavy atom. The zero-order valence-electron chi connectivity index (χ0n) is 21.0. The van der Waals surface area contributed by atoms with Gasteiger partial charge in [0.15, 0.2) is 0 Å². The first-order valence-corrected chi connectivity index (χ1v) is 12.3. The van der Waals surface area contributed by atoms with E-state index in [4.69, 9.17) is 31.1 Å². The molecule has 0 atom stereocenters. The topological polar surface area (TPSA) is 125 Å². The van der Waals surface area contributed by atoms with E-state index in [0.717, 1.165) is 33.8 Å². The lowest BCUT2D eigenvalue weighted by atomic mass is 9.96. The maximum Gasteiger partial charge on any atom is 0.568 e. The van der Waals surface area contributed by atoms with Gasteiger partial charge in [0.2, 0.25) is 0 Å². The first-order chi connectivity index (χ1) is 19.6. The van der Waals surface area contributed by atoms with Crippen molar-refractivity contribution in [3.63, 3.8) is 0 Å². The van der Waals surface area contributed by atoms with Crippen LogP contribution in [0.2, 0.25) is 0 Å². The summed E-state index contributed by atoms with van der Waals surface area (Å²) in [5.74, 6) is 0. The second-order valence-corrected chi connectivity index (χ2v) is 8.96. The van der Waals surface area contributed by atoms with E-state index in [-0.39, 0.29) is 0 Å². The fourth-order valence-corrected chi connectivity index (χ4v) is 4.37. The molecule has 0 fully saturated rings. The zero-order chi connectivity index (χ0) is 27.5. The molecule has 6 rings (SSSR count). The van der Waals surface area contributed by atoms with Gasteiger partial charge < -0.3 is 0 Å². The van der Waals surface area contributed by atoms with Crippen LogP contribution >= 0.6 is 0 Å². The van der Waals surface area contributed by atoms with Crippen molar-refractivity contribution in [3.8, 4) is 52.0 Å². The first-order valence-electron chi connectivity index (χ1n) is 12.3. The van der Waals surface area contributed by atoms with Gasteiger partial charge in [-0.15, -0.1) is 0 Å². The molecule has 0 aliphatic rings. The molecule has 0 aliphatic carbocycles. The smallest absolute Gasteiger partial charge is 0.268 e. The van der Waals surface area contributed by atoms with Crippen molar-refractivity contribution in [2.24, 2.45) is 0 Å². The van der Waals surface area contributed by atoms with Gasteiger partial charge in [0.1, 0.15) is 0 Å². The van der Waals surface area contributed by atoms with Crippen molar-refractivity contribution in [2.45, 2.75) is 0 Å². The number of nitrogens with zero attached hydrogens (tertiary/aromatic N) is 9. The third-order valence-corrected chi connectivity index (χ3v) is 6.46. The van der Waals surface area contributed by atoms with Gasteiger partial charge in [0, 0.05) is 35.3 Å². The molecule has 0 unspecified atom stereocenters. The van der Waals surface area contributed by atoms with Gasteiger partial charge in [-0.2, -0.15) is 31.1 Å². The predicted molar refractivity (Wildman–Crippen MR) is 149 cm³/mol. The number of nitriles is 3. The van der Waals surface area contributed by atoms with E-state index in [1.807, 2.05) is 73.2 Å². The number of hydrogen-bond acceptors (Lipinski definition) is 6. The molecule has 3 heterocycles. The van der Waals surface area contributed by atoms with Crippen molar-refractivity contribution in [1.29, 1.82) is 15.8 Å². The van der Waals surface area contributed by atoms with E-state index >= 15 is 0 Å². The molecule has 186 valence electrons. The van der Waals surface area contributed by atoms with Crippen LogP contribution in [0.1, 0.15) is 16.7 Å². The van der Waals surface area contributed by atoms with Crippen molar-refractivity contribution in [3.05, 3.63) is 126 Å². The molecule has 3 aromatic heterocycles. The van der Waals surface area contributed by atoms with E-state index in [9.17, 15) is 0 Å². The summed E-state index contributed by atoms with van der Waals surface area (Å²) >= 11 is 0. The molecule has 3 aromatic carbocycles. The summed E-state index contributed by atoms with van der Waals surface area (Å²) in [5.41, 5.74) is 6.63. The summed E-state index contributed by atoms with van der Waals surface area (Å²) < 4.78 is 5.33. The Morgan fingerprint density at radius 1 is 0.425 bits per heavy atom. The molecule has 6 aromatic rings. The quantitative estimate of drug-likeness (QED) is 0.293. The molecule has 0 spiro atoms. The number of benzene rings is 3. The maximum absolute atomic E-state index is 9.13. The highest BCUT2D eigenvalue weighted by Gasteiger charge is 2.28. The van der Waals surface area contributed by atoms with Crippen molar-refractivity contribution >= 4 is 7.12 Å². The highest BCUT2D eigenvalue weighted by atomic mass is 15.4. The molecule has 0 bridgehead atoms. The molecule has 0 radical (unpaired) electrons. The Morgan fingerprint density at radius 2 is 0.700 bits per heavy atom. The van der Waals surface area contributed by atoms with Gasteiger partial charge in [-0.25, -0.2) is 0 Å². The summed E-state index contributed by atoms with van der Waals surface area (Å²) in [6.45, 7) is 0. The molecule has 40 heavy (non-hydrogen) atoms. The number of hydrogen-bond donors (Lipinski definition) is 0. The van der Waals surface area contributed by atoms with Gasteiger partial charge in [0.05, 0.1) is 52.0 Å². The van der Waals surface area contributed by atoms with Gasteiger partial charge in [-0.1, -0.05) is 36.4 Å². The fraction of sp³-hybridized carbons (Fsp3) is 0. The largest absolute Gasteiger partial charge is 0.568 e.